The summed E-state index contributed by atoms with van der Waals surface area (Å²) in [6.45, 7) is 9.06. The highest BCUT2D eigenvalue weighted by molar-refractivity contribution is 5.86. The van der Waals surface area contributed by atoms with E-state index in [1.165, 1.54) is 11.6 Å². The number of carbonyl (C=O) groups is 1. The smallest absolute Gasteiger partial charge is 0.243 e. The van der Waals surface area contributed by atoms with E-state index in [0.29, 0.717) is 5.92 Å². The average Bonchev–Trinajstić information content (AvgIpc) is 2.90. The van der Waals surface area contributed by atoms with Crippen molar-refractivity contribution in [3.8, 4) is 0 Å². The Morgan fingerprint density at radius 2 is 2.09 bits per heavy atom. The summed E-state index contributed by atoms with van der Waals surface area (Å²) >= 11 is 0. The number of likely N-dealkylation sites (tertiary alicyclic amines) is 1. The molecule has 23 heavy (non-hydrogen) atoms. The molecule has 0 saturated carbocycles. The van der Waals surface area contributed by atoms with Crippen LogP contribution in [0.25, 0.3) is 0 Å². The third kappa shape index (κ3) is 3.82. The Bertz CT molecular complexity index is 538. The summed E-state index contributed by atoms with van der Waals surface area (Å²) in [7, 11) is 0. The lowest BCUT2D eigenvalue weighted by molar-refractivity contribution is -0.116. The van der Waals surface area contributed by atoms with Gasteiger partial charge in [-0.15, -0.1) is 0 Å². The molecule has 4 nitrogen and oxygen atoms in total. The molecule has 2 heterocycles. The molecule has 1 aromatic rings. The highest BCUT2D eigenvalue weighted by Gasteiger charge is 2.46. The van der Waals surface area contributed by atoms with Gasteiger partial charge < -0.3 is 10.1 Å². The number of ether oxygens (including phenoxy) is 1. The predicted octanol–water partition coefficient (Wildman–Crippen LogP) is 2.22. The number of rotatable bonds is 5. The largest absolute Gasteiger partial charge is 0.381 e. The van der Waals surface area contributed by atoms with Crippen LogP contribution in [0, 0.1) is 11.3 Å². The summed E-state index contributed by atoms with van der Waals surface area (Å²) in [4.78, 5) is 14.1. The van der Waals surface area contributed by atoms with Crippen LogP contribution < -0.4 is 5.32 Å². The molecule has 2 saturated heterocycles. The molecule has 2 aliphatic rings. The molecule has 1 amide bonds. The van der Waals surface area contributed by atoms with Crippen LogP contribution in [-0.2, 0) is 16.1 Å². The van der Waals surface area contributed by atoms with Gasteiger partial charge in [0, 0.05) is 39.4 Å². The fourth-order valence-electron chi connectivity index (χ4n) is 4.03. The molecule has 1 atom stereocenters. The van der Waals surface area contributed by atoms with Crippen molar-refractivity contribution >= 4 is 5.91 Å². The highest BCUT2D eigenvalue weighted by atomic mass is 16.5. The maximum absolute atomic E-state index is 11.5. The lowest BCUT2D eigenvalue weighted by atomic mass is 9.72. The molecular weight excluding hydrogens is 288 g/mol. The van der Waals surface area contributed by atoms with Gasteiger partial charge in [0.25, 0.3) is 0 Å². The van der Waals surface area contributed by atoms with Crippen LogP contribution in [0.2, 0.25) is 0 Å². The van der Waals surface area contributed by atoms with Gasteiger partial charge in [0.05, 0.1) is 0 Å². The van der Waals surface area contributed by atoms with E-state index in [1.54, 1.807) is 0 Å². The van der Waals surface area contributed by atoms with E-state index >= 15 is 0 Å². The number of carbonyl (C=O) groups excluding carboxylic acids is 1. The molecule has 3 rings (SSSR count). The molecule has 1 N–H and O–H groups in total. The first-order valence-electron chi connectivity index (χ1n) is 8.46. The summed E-state index contributed by atoms with van der Waals surface area (Å²) in [5, 5.41) is 3.01. The van der Waals surface area contributed by atoms with E-state index in [9.17, 15) is 4.79 Å². The Balaban J connectivity index is 1.68. The van der Waals surface area contributed by atoms with Gasteiger partial charge in [0.15, 0.2) is 0 Å². The summed E-state index contributed by atoms with van der Waals surface area (Å²) in [5.74, 6) is 0.410. The van der Waals surface area contributed by atoms with Crippen LogP contribution in [0.5, 0.6) is 0 Å². The van der Waals surface area contributed by atoms with E-state index in [0.717, 1.165) is 52.2 Å². The van der Waals surface area contributed by atoms with Gasteiger partial charge in [-0.1, -0.05) is 36.9 Å². The second-order valence-corrected chi connectivity index (χ2v) is 6.78. The molecule has 1 unspecified atom stereocenters. The second-order valence-electron chi connectivity index (χ2n) is 6.78. The monoisotopic (exact) mass is 314 g/mol. The van der Waals surface area contributed by atoms with Crippen LogP contribution >= 0.6 is 0 Å². The summed E-state index contributed by atoms with van der Waals surface area (Å²) < 4.78 is 5.58. The first kappa shape index (κ1) is 16.2. The first-order valence-corrected chi connectivity index (χ1v) is 8.46. The van der Waals surface area contributed by atoms with E-state index in [4.69, 9.17) is 4.74 Å². The number of hydrogen-bond acceptors (Lipinski definition) is 3. The fourth-order valence-corrected chi connectivity index (χ4v) is 4.03. The van der Waals surface area contributed by atoms with Crippen molar-refractivity contribution in [2.24, 2.45) is 11.3 Å². The lowest BCUT2D eigenvalue weighted by Gasteiger charge is -2.38. The fraction of sp³-hybridized carbons (Fsp3) is 0.526. The molecule has 1 aromatic carbocycles. The van der Waals surface area contributed by atoms with E-state index in [1.807, 2.05) is 0 Å². The summed E-state index contributed by atoms with van der Waals surface area (Å²) in [6, 6.07) is 10.6. The van der Waals surface area contributed by atoms with Crippen molar-refractivity contribution in [3.63, 3.8) is 0 Å². The topological polar surface area (TPSA) is 41.6 Å². The number of amides is 1. The normalized spacial score (nSPS) is 23.7. The van der Waals surface area contributed by atoms with Gasteiger partial charge in [0.2, 0.25) is 5.91 Å². The predicted molar refractivity (Wildman–Crippen MR) is 90.9 cm³/mol. The van der Waals surface area contributed by atoms with Crippen LogP contribution in [-0.4, -0.2) is 43.7 Å². The quantitative estimate of drug-likeness (QED) is 0.847. The van der Waals surface area contributed by atoms with E-state index in [2.05, 4.69) is 47.1 Å². The van der Waals surface area contributed by atoms with E-state index < -0.39 is 0 Å². The van der Waals surface area contributed by atoms with Crippen LogP contribution in [0.4, 0.5) is 0 Å². The summed E-state index contributed by atoms with van der Waals surface area (Å²) in [5.41, 5.74) is 1.63. The standard InChI is InChI=1S/C19H26N2O2/c1-2-18(22)20-12-17-14-21(13-16-6-4-3-5-7-16)15-19(17)8-10-23-11-9-19/h2-7,17H,1,8-15H2,(H,20,22). The molecule has 0 bridgehead atoms. The van der Waals surface area contributed by atoms with Crippen molar-refractivity contribution < 1.29 is 9.53 Å². The van der Waals surface area contributed by atoms with Gasteiger partial charge in [-0.25, -0.2) is 0 Å². The summed E-state index contributed by atoms with van der Waals surface area (Å²) in [6.07, 6.45) is 3.53. The second kappa shape index (κ2) is 7.28. The molecule has 1 spiro atoms. The average molecular weight is 314 g/mol. The third-order valence-electron chi connectivity index (χ3n) is 5.33. The van der Waals surface area contributed by atoms with Gasteiger partial charge in [-0.2, -0.15) is 0 Å². The molecule has 0 aliphatic carbocycles. The molecule has 2 fully saturated rings. The Labute approximate surface area is 138 Å². The zero-order valence-electron chi connectivity index (χ0n) is 13.7. The maximum Gasteiger partial charge on any atom is 0.243 e. The molecule has 124 valence electrons. The number of hydrogen-bond donors (Lipinski definition) is 1. The van der Waals surface area contributed by atoms with Gasteiger partial charge in [-0.05, 0) is 35.8 Å². The van der Waals surface area contributed by atoms with Crippen molar-refractivity contribution in [2.75, 3.05) is 32.8 Å². The Morgan fingerprint density at radius 3 is 2.78 bits per heavy atom. The molecule has 4 heteroatoms. The van der Waals surface area contributed by atoms with Crippen molar-refractivity contribution in [1.29, 1.82) is 0 Å². The number of nitrogens with zero attached hydrogens (tertiary/aromatic N) is 1. The van der Waals surface area contributed by atoms with Crippen LogP contribution in [0.3, 0.4) is 0 Å². The SMILES string of the molecule is C=CC(=O)NCC1CN(Cc2ccccc2)CC12CCOCC2. The first-order chi connectivity index (χ1) is 11.2. The highest BCUT2D eigenvalue weighted by Crippen LogP contribution is 2.44. The minimum atomic E-state index is -0.0753. The zero-order valence-corrected chi connectivity index (χ0v) is 13.7. The maximum atomic E-state index is 11.5. The lowest BCUT2D eigenvalue weighted by Crippen LogP contribution is -2.41. The van der Waals surface area contributed by atoms with Crippen LogP contribution in [0.1, 0.15) is 18.4 Å². The number of benzene rings is 1. The van der Waals surface area contributed by atoms with Gasteiger partial charge >= 0.3 is 0 Å². The molecule has 2 aliphatic heterocycles. The van der Waals surface area contributed by atoms with Crippen LogP contribution in [0.15, 0.2) is 43.0 Å². The Hall–Kier alpha value is -1.65. The zero-order chi connectivity index (χ0) is 16.1. The van der Waals surface area contributed by atoms with Crippen molar-refractivity contribution in [3.05, 3.63) is 48.6 Å². The molecule has 0 radical (unpaired) electrons. The minimum Gasteiger partial charge on any atom is -0.381 e. The van der Waals surface area contributed by atoms with Gasteiger partial charge in [0.1, 0.15) is 0 Å². The molecule has 0 aromatic heterocycles. The van der Waals surface area contributed by atoms with Crippen molar-refractivity contribution in [2.45, 2.75) is 19.4 Å². The Morgan fingerprint density at radius 1 is 1.35 bits per heavy atom. The minimum absolute atomic E-state index is 0.0753. The third-order valence-corrected chi connectivity index (χ3v) is 5.33. The van der Waals surface area contributed by atoms with Gasteiger partial charge in [-0.3, -0.25) is 9.69 Å². The Kier molecular flexibility index (Phi) is 5.13. The molecular formula is C19H26N2O2. The number of nitrogens with one attached hydrogen (secondary N) is 1. The van der Waals surface area contributed by atoms with Crippen molar-refractivity contribution in [1.82, 2.24) is 10.2 Å². The van der Waals surface area contributed by atoms with E-state index in [-0.39, 0.29) is 11.3 Å².